The summed E-state index contributed by atoms with van der Waals surface area (Å²) in [5, 5.41) is 9.57. The van der Waals surface area contributed by atoms with Gasteiger partial charge in [-0.25, -0.2) is 13.2 Å². The molecule has 1 N–H and O–H groups in total. The predicted molar refractivity (Wildman–Crippen MR) is 74.5 cm³/mol. The fourth-order valence-electron chi connectivity index (χ4n) is 1.22. The van der Waals surface area contributed by atoms with Gasteiger partial charge in [0.1, 0.15) is 6.29 Å². The second-order valence-corrected chi connectivity index (χ2v) is 6.93. The van der Waals surface area contributed by atoms with Crippen LogP contribution in [0.1, 0.15) is 6.42 Å². The van der Waals surface area contributed by atoms with Crippen LogP contribution in [0.3, 0.4) is 0 Å². The summed E-state index contributed by atoms with van der Waals surface area (Å²) in [6.07, 6.45) is 3.43. The Balaban J connectivity index is 2.74. The van der Waals surface area contributed by atoms with Gasteiger partial charge in [0, 0.05) is 25.8 Å². The van der Waals surface area contributed by atoms with Gasteiger partial charge in [0.25, 0.3) is 0 Å². The predicted octanol–water partition coefficient (Wildman–Crippen LogP) is 0.550. The highest BCUT2D eigenvalue weighted by atomic mass is 32.2. The third-order valence-corrected chi connectivity index (χ3v) is 4.60. The summed E-state index contributed by atoms with van der Waals surface area (Å²) in [4.78, 5) is 23.6. The SMILES string of the molecule is C=CCN(CCC=O)C(=O)Nc1nnc(S(C)(=O)=O)s1. The van der Waals surface area contributed by atoms with Crippen LogP contribution >= 0.6 is 11.3 Å². The summed E-state index contributed by atoms with van der Waals surface area (Å²) < 4.78 is 22.3. The quantitative estimate of drug-likeness (QED) is 0.447. The molecule has 0 aliphatic rings. The summed E-state index contributed by atoms with van der Waals surface area (Å²) in [5.74, 6) is 0. The average Bonchev–Trinajstić information content (AvgIpc) is 2.82. The van der Waals surface area contributed by atoms with Crippen molar-refractivity contribution in [3.05, 3.63) is 12.7 Å². The number of anilines is 1. The smallest absolute Gasteiger partial charge is 0.320 e. The molecular formula is C10H14N4O4S2. The average molecular weight is 318 g/mol. The highest BCUT2D eigenvalue weighted by Crippen LogP contribution is 2.19. The second-order valence-electron chi connectivity index (χ2n) is 3.77. The van der Waals surface area contributed by atoms with Gasteiger partial charge >= 0.3 is 6.03 Å². The number of amides is 2. The van der Waals surface area contributed by atoms with E-state index in [9.17, 15) is 18.0 Å². The fourth-order valence-corrected chi connectivity index (χ4v) is 2.72. The van der Waals surface area contributed by atoms with Gasteiger partial charge in [0.05, 0.1) is 0 Å². The van der Waals surface area contributed by atoms with Crippen LogP contribution in [0.4, 0.5) is 9.93 Å². The second kappa shape index (κ2) is 7.10. The molecule has 0 aromatic carbocycles. The van der Waals surface area contributed by atoms with Gasteiger partial charge in [0.2, 0.25) is 19.3 Å². The molecule has 10 heteroatoms. The summed E-state index contributed by atoms with van der Waals surface area (Å²) in [5.41, 5.74) is 0. The first-order valence-electron chi connectivity index (χ1n) is 5.52. The van der Waals surface area contributed by atoms with Crippen LogP contribution in [-0.2, 0) is 14.6 Å². The Bertz CT molecular complexity index is 596. The van der Waals surface area contributed by atoms with Gasteiger partial charge in [-0.15, -0.1) is 16.8 Å². The van der Waals surface area contributed by atoms with Gasteiger partial charge in [-0.3, -0.25) is 5.32 Å². The van der Waals surface area contributed by atoms with E-state index >= 15 is 0 Å². The number of nitrogens with one attached hydrogen (secondary N) is 1. The van der Waals surface area contributed by atoms with Gasteiger partial charge in [0.15, 0.2) is 0 Å². The number of aldehydes is 1. The molecule has 1 aromatic rings. The molecule has 0 saturated carbocycles. The van der Waals surface area contributed by atoms with Crippen LogP contribution in [0, 0.1) is 0 Å². The van der Waals surface area contributed by atoms with Crippen LogP contribution < -0.4 is 5.32 Å². The Morgan fingerprint density at radius 3 is 2.70 bits per heavy atom. The minimum absolute atomic E-state index is 0.0793. The van der Waals surface area contributed by atoms with Crippen molar-refractivity contribution >= 4 is 38.6 Å². The van der Waals surface area contributed by atoms with E-state index in [0.29, 0.717) is 6.29 Å². The van der Waals surface area contributed by atoms with Crippen molar-refractivity contribution in [3.8, 4) is 0 Å². The zero-order valence-corrected chi connectivity index (χ0v) is 12.4. The molecule has 0 unspecified atom stereocenters. The lowest BCUT2D eigenvalue weighted by Gasteiger charge is -2.19. The van der Waals surface area contributed by atoms with Crippen molar-refractivity contribution in [1.82, 2.24) is 15.1 Å². The van der Waals surface area contributed by atoms with Crippen molar-refractivity contribution in [2.45, 2.75) is 10.8 Å². The van der Waals surface area contributed by atoms with Crippen molar-refractivity contribution in [2.75, 3.05) is 24.7 Å². The maximum absolute atomic E-state index is 11.9. The zero-order chi connectivity index (χ0) is 15.2. The Morgan fingerprint density at radius 1 is 1.50 bits per heavy atom. The van der Waals surface area contributed by atoms with Crippen LogP contribution in [0.2, 0.25) is 0 Å². The van der Waals surface area contributed by atoms with Gasteiger partial charge < -0.3 is 9.69 Å². The lowest BCUT2D eigenvalue weighted by Crippen LogP contribution is -2.36. The summed E-state index contributed by atoms with van der Waals surface area (Å²) in [6, 6.07) is -0.497. The van der Waals surface area contributed by atoms with E-state index in [1.807, 2.05) is 0 Å². The van der Waals surface area contributed by atoms with Crippen molar-refractivity contribution < 1.29 is 18.0 Å². The normalized spacial score (nSPS) is 10.8. The molecule has 1 heterocycles. The summed E-state index contributed by atoms with van der Waals surface area (Å²) >= 11 is 0.763. The van der Waals surface area contributed by atoms with Crippen LogP contribution in [-0.4, -0.2) is 55.2 Å². The molecule has 2 amide bonds. The largest absolute Gasteiger partial charge is 0.323 e. The van der Waals surface area contributed by atoms with Gasteiger partial charge in [-0.05, 0) is 0 Å². The van der Waals surface area contributed by atoms with Crippen LogP contribution in [0.5, 0.6) is 0 Å². The van der Waals surface area contributed by atoms with Crippen molar-refractivity contribution in [3.63, 3.8) is 0 Å². The molecule has 0 saturated heterocycles. The number of urea groups is 1. The minimum Gasteiger partial charge on any atom is -0.320 e. The number of hydrogen-bond donors (Lipinski definition) is 1. The van der Waals surface area contributed by atoms with Crippen LogP contribution in [0.25, 0.3) is 0 Å². The van der Waals surface area contributed by atoms with E-state index in [4.69, 9.17) is 0 Å². The third kappa shape index (κ3) is 4.70. The van der Waals surface area contributed by atoms with E-state index in [-0.39, 0.29) is 29.0 Å². The highest BCUT2D eigenvalue weighted by molar-refractivity contribution is 7.92. The number of hydrogen-bond acceptors (Lipinski definition) is 7. The number of aromatic nitrogens is 2. The Hall–Kier alpha value is -1.81. The lowest BCUT2D eigenvalue weighted by atomic mass is 10.4. The Labute approximate surface area is 120 Å². The van der Waals surface area contributed by atoms with E-state index in [0.717, 1.165) is 17.6 Å². The number of carbonyl (C=O) groups is 2. The standard InChI is InChI=1S/C10H14N4O4S2/c1-3-5-14(6-4-7-15)9(16)11-8-12-13-10(19-8)20(2,17)18/h3,7H,1,4-6H2,2H3,(H,11,12,16). The molecule has 0 aliphatic heterocycles. The molecule has 0 atom stereocenters. The first-order valence-corrected chi connectivity index (χ1v) is 8.23. The molecule has 0 radical (unpaired) electrons. The monoisotopic (exact) mass is 318 g/mol. The molecule has 0 fully saturated rings. The number of rotatable bonds is 7. The number of nitrogens with zero attached hydrogens (tertiary/aromatic N) is 3. The molecule has 1 rings (SSSR count). The molecule has 0 aliphatic carbocycles. The topological polar surface area (TPSA) is 109 Å². The summed E-state index contributed by atoms with van der Waals surface area (Å²) in [6.45, 7) is 4.02. The van der Waals surface area contributed by atoms with Gasteiger partial charge in [-0.2, -0.15) is 0 Å². The minimum atomic E-state index is -3.44. The molecular weight excluding hydrogens is 304 g/mol. The fraction of sp³-hybridized carbons (Fsp3) is 0.400. The van der Waals surface area contributed by atoms with E-state index in [1.165, 1.54) is 11.0 Å². The maximum Gasteiger partial charge on any atom is 0.323 e. The zero-order valence-electron chi connectivity index (χ0n) is 10.8. The van der Waals surface area contributed by atoms with Crippen molar-refractivity contribution in [1.29, 1.82) is 0 Å². The lowest BCUT2D eigenvalue weighted by molar-refractivity contribution is -0.108. The first kappa shape index (κ1) is 16.2. The number of sulfone groups is 1. The van der Waals surface area contributed by atoms with E-state index in [1.54, 1.807) is 0 Å². The highest BCUT2D eigenvalue weighted by Gasteiger charge is 2.18. The number of carbonyl (C=O) groups excluding carboxylic acids is 2. The Morgan fingerprint density at radius 2 is 2.20 bits per heavy atom. The van der Waals surface area contributed by atoms with Crippen LogP contribution in [0.15, 0.2) is 17.0 Å². The molecule has 8 nitrogen and oxygen atoms in total. The Kier molecular flexibility index (Phi) is 5.77. The summed E-state index contributed by atoms with van der Waals surface area (Å²) in [7, 11) is -3.44. The molecule has 0 bridgehead atoms. The van der Waals surface area contributed by atoms with E-state index in [2.05, 4.69) is 22.1 Å². The molecule has 20 heavy (non-hydrogen) atoms. The van der Waals surface area contributed by atoms with Crippen molar-refractivity contribution in [2.24, 2.45) is 0 Å². The van der Waals surface area contributed by atoms with Gasteiger partial charge in [-0.1, -0.05) is 17.4 Å². The maximum atomic E-state index is 11.9. The van der Waals surface area contributed by atoms with E-state index < -0.39 is 15.9 Å². The molecule has 1 aromatic heterocycles. The first-order chi connectivity index (χ1) is 9.38. The third-order valence-electron chi connectivity index (χ3n) is 2.09. The molecule has 110 valence electrons. The molecule has 0 spiro atoms.